The van der Waals surface area contributed by atoms with E-state index in [-0.39, 0.29) is 0 Å². The molecule has 0 amide bonds. The van der Waals surface area contributed by atoms with E-state index in [0.717, 1.165) is 43.7 Å². The van der Waals surface area contributed by atoms with E-state index in [4.69, 9.17) is 0 Å². The average molecular weight is 338 g/mol. The summed E-state index contributed by atoms with van der Waals surface area (Å²) in [5, 5.41) is 0. The summed E-state index contributed by atoms with van der Waals surface area (Å²) in [6, 6.07) is 3.89. The van der Waals surface area contributed by atoms with E-state index in [1.807, 2.05) is 12.1 Å². The zero-order valence-electron chi connectivity index (χ0n) is 13.6. The van der Waals surface area contributed by atoms with Gasteiger partial charge in [0.15, 0.2) is 0 Å². The number of rotatable bonds is 5. The van der Waals surface area contributed by atoms with Gasteiger partial charge in [-0.25, -0.2) is 4.98 Å². The number of aromatic nitrogens is 1. The van der Waals surface area contributed by atoms with E-state index in [9.17, 15) is 8.42 Å². The molecule has 0 spiro atoms. The Labute approximate surface area is 139 Å². The minimum absolute atomic E-state index is 0.322. The number of nitrogens with one attached hydrogen (secondary N) is 1. The Kier molecular flexibility index (Phi) is 5.50. The Morgan fingerprint density at radius 3 is 2.35 bits per heavy atom. The van der Waals surface area contributed by atoms with E-state index in [2.05, 4.69) is 14.6 Å². The largest absolute Gasteiger partial charge is 0.357 e. The molecule has 0 aromatic carbocycles. The van der Waals surface area contributed by atoms with Crippen LogP contribution in [0.25, 0.3) is 0 Å². The lowest BCUT2D eigenvalue weighted by atomic mass is 10.1. The van der Waals surface area contributed by atoms with Crippen molar-refractivity contribution in [3.8, 4) is 0 Å². The molecule has 3 heterocycles. The van der Waals surface area contributed by atoms with Crippen LogP contribution in [0.15, 0.2) is 18.3 Å². The first-order chi connectivity index (χ1) is 11.1. The lowest BCUT2D eigenvalue weighted by Crippen LogP contribution is -2.43. The summed E-state index contributed by atoms with van der Waals surface area (Å²) in [6.45, 7) is 3.66. The predicted molar refractivity (Wildman–Crippen MR) is 91.5 cm³/mol. The molecule has 0 bridgehead atoms. The lowest BCUT2D eigenvalue weighted by Gasteiger charge is -2.28. The van der Waals surface area contributed by atoms with Crippen molar-refractivity contribution in [2.45, 2.75) is 45.1 Å². The molecule has 2 aliphatic rings. The van der Waals surface area contributed by atoms with Gasteiger partial charge in [0.2, 0.25) is 0 Å². The molecule has 23 heavy (non-hydrogen) atoms. The molecule has 6 nitrogen and oxygen atoms in total. The SMILES string of the molecule is O=S(=O)(NCc1ccnc(N2CCCCC2)c1)N1CCCCC1. The summed E-state index contributed by atoms with van der Waals surface area (Å²) in [7, 11) is -3.37. The van der Waals surface area contributed by atoms with Crippen LogP contribution >= 0.6 is 0 Å². The van der Waals surface area contributed by atoms with Gasteiger partial charge in [-0.3, -0.25) is 0 Å². The van der Waals surface area contributed by atoms with Crippen molar-refractivity contribution in [2.24, 2.45) is 0 Å². The van der Waals surface area contributed by atoms with Crippen molar-refractivity contribution in [1.82, 2.24) is 14.0 Å². The van der Waals surface area contributed by atoms with Gasteiger partial charge in [0.05, 0.1) is 0 Å². The molecule has 7 heteroatoms. The number of anilines is 1. The molecule has 0 unspecified atom stereocenters. The summed E-state index contributed by atoms with van der Waals surface area (Å²) >= 11 is 0. The van der Waals surface area contributed by atoms with E-state index >= 15 is 0 Å². The third-order valence-electron chi connectivity index (χ3n) is 4.60. The van der Waals surface area contributed by atoms with Crippen molar-refractivity contribution in [1.29, 1.82) is 0 Å². The predicted octanol–water partition coefficient (Wildman–Crippen LogP) is 1.89. The maximum atomic E-state index is 12.3. The maximum Gasteiger partial charge on any atom is 0.279 e. The molecule has 0 radical (unpaired) electrons. The highest BCUT2D eigenvalue weighted by Gasteiger charge is 2.23. The van der Waals surface area contributed by atoms with Gasteiger partial charge in [0.1, 0.15) is 5.82 Å². The van der Waals surface area contributed by atoms with Gasteiger partial charge in [-0.05, 0) is 49.8 Å². The highest BCUT2D eigenvalue weighted by atomic mass is 32.2. The minimum Gasteiger partial charge on any atom is -0.357 e. The zero-order chi connectivity index (χ0) is 16.1. The molecular weight excluding hydrogens is 312 g/mol. The lowest BCUT2D eigenvalue weighted by molar-refractivity contribution is 0.341. The molecule has 0 atom stereocenters. The van der Waals surface area contributed by atoms with Gasteiger partial charge in [0, 0.05) is 38.9 Å². The molecule has 2 saturated heterocycles. The Balaban J connectivity index is 1.61. The molecule has 0 saturated carbocycles. The summed E-state index contributed by atoms with van der Waals surface area (Å²) < 4.78 is 29.0. The van der Waals surface area contributed by atoms with Crippen LogP contribution in [-0.2, 0) is 16.8 Å². The van der Waals surface area contributed by atoms with Crippen LogP contribution in [0.2, 0.25) is 0 Å². The Morgan fingerprint density at radius 1 is 1.00 bits per heavy atom. The quantitative estimate of drug-likeness (QED) is 0.890. The van der Waals surface area contributed by atoms with Gasteiger partial charge >= 0.3 is 0 Å². The minimum atomic E-state index is -3.37. The second kappa shape index (κ2) is 7.59. The van der Waals surface area contributed by atoms with Gasteiger partial charge in [-0.1, -0.05) is 6.42 Å². The van der Waals surface area contributed by atoms with Crippen LogP contribution < -0.4 is 9.62 Å². The summed E-state index contributed by atoms with van der Waals surface area (Å²) in [5.74, 6) is 0.958. The van der Waals surface area contributed by atoms with E-state index < -0.39 is 10.2 Å². The molecule has 2 fully saturated rings. The van der Waals surface area contributed by atoms with Gasteiger partial charge in [-0.2, -0.15) is 17.4 Å². The highest BCUT2D eigenvalue weighted by Crippen LogP contribution is 2.18. The normalized spacial score (nSPS) is 20.6. The van der Waals surface area contributed by atoms with Crippen LogP contribution in [-0.4, -0.2) is 43.9 Å². The summed E-state index contributed by atoms with van der Waals surface area (Å²) in [5.41, 5.74) is 0.959. The number of nitrogens with zero attached hydrogens (tertiary/aromatic N) is 3. The first kappa shape index (κ1) is 16.7. The Bertz CT molecular complexity index is 608. The van der Waals surface area contributed by atoms with Crippen LogP contribution in [0.5, 0.6) is 0 Å². The van der Waals surface area contributed by atoms with Crippen molar-refractivity contribution in [3.63, 3.8) is 0 Å². The zero-order valence-corrected chi connectivity index (χ0v) is 14.4. The second-order valence-corrected chi connectivity index (χ2v) is 8.11. The van der Waals surface area contributed by atoms with Crippen LogP contribution in [0.4, 0.5) is 5.82 Å². The van der Waals surface area contributed by atoms with E-state index in [1.54, 1.807) is 10.5 Å². The fourth-order valence-electron chi connectivity index (χ4n) is 3.24. The topological polar surface area (TPSA) is 65.5 Å². The van der Waals surface area contributed by atoms with Crippen LogP contribution in [0.1, 0.15) is 44.1 Å². The molecule has 2 aliphatic heterocycles. The molecule has 1 aromatic heterocycles. The maximum absolute atomic E-state index is 12.3. The van der Waals surface area contributed by atoms with Crippen LogP contribution in [0, 0.1) is 0 Å². The van der Waals surface area contributed by atoms with Crippen molar-refractivity contribution in [2.75, 3.05) is 31.1 Å². The summed E-state index contributed by atoms with van der Waals surface area (Å²) in [4.78, 5) is 6.72. The van der Waals surface area contributed by atoms with Gasteiger partial charge in [-0.15, -0.1) is 0 Å². The number of pyridine rings is 1. The fraction of sp³-hybridized carbons (Fsp3) is 0.688. The summed E-state index contributed by atoms with van der Waals surface area (Å²) in [6.07, 6.45) is 8.49. The molecule has 0 aliphatic carbocycles. The smallest absolute Gasteiger partial charge is 0.279 e. The molecule has 1 N–H and O–H groups in total. The highest BCUT2D eigenvalue weighted by molar-refractivity contribution is 7.87. The third-order valence-corrected chi connectivity index (χ3v) is 6.16. The molecular formula is C16H26N4O2S. The second-order valence-electron chi connectivity index (χ2n) is 6.36. The molecule has 1 aromatic rings. The van der Waals surface area contributed by atoms with Gasteiger partial charge in [0.25, 0.3) is 10.2 Å². The Hall–Kier alpha value is -1.18. The average Bonchev–Trinajstić information content (AvgIpc) is 2.62. The first-order valence-corrected chi connectivity index (χ1v) is 10.0. The first-order valence-electron chi connectivity index (χ1n) is 8.60. The van der Waals surface area contributed by atoms with E-state index in [0.29, 0.717) is 19.6 Å². The number of hydrogen-bond acceptors (Lipinski definition) is 4. The van der Waals surface area contributed by atoms with Crippen molar-refractivity contribution in [3.05, 3.63) is 23.9 Å². The molecule has 3 rings (SSSR count). The monoisotopic (exact) mass is 338 g/mol. The Morgan fingerprint density at radius 2 is 1.65 bits per heavy atom. The van der Waals surface area contributed by atoms with Crippen molar-refractivity contribution < 1.29 is 8.42 Å². The van der Waals surface area contributed by atoms with E-state index in [1.165, 1.54) is 19.3 Å². The molecule has 128 valence electrons. The standard InChI is InChI=1S/C16H26N4O2S/c21-23(22,20-11-5-2-6-12-20)18-14-15-7-8-17-16(13-15)19-9-3-1-4-10-19/h7-8,13,18H,1-6,9-12,14H2. The number of piperidine rings is 2. The van der Waals surface area contributed by atoms with Gasteiger partial charge < -0.3 is 4.90 Å². The van der Waals surface area contributed by atoms with Crippen LogP contribution in [0.3, 0.4) is 0 Å². The number of hydrogen-bond donors (Lipinski definition) is 1. The van der Waals surface area contributed by atoms with Crippen molar-refractivity contribution >= 4 is 16.0 Å². The third kappa shape index (κ3) is 4.43. The fourth-order valence-corrected chi connectivity index (χ4v) is 4.51.